The molecule has 4 nitrogen and oxygen atoms in total. The van der Waals surface area contributed by atoms with E-state index < -0.39 is 0 Å². The van der Waals surface area contributed by atoms with Crippen molar-refractivity contribution in [3.8, 4) is 5.75 Å². The zero-order chi connectivity index (χ0) is 12.1. The van der Waals surface area contributed by atoms with Gasteiger partial charge in [-0.25, -0.2) is 4.98 Å². The largest absolute Gasteiger partial charge is 0.508 e. The van der Waals surface area contributed by atoms with Gasteiger partial charge in [-0.2, -0.15) is 0 Å². The Bertz CT molecular complexity index is 497. The Morgan fingerprint density at radius 1 is 1.47 bits per heavy atom. The smallest absolute Gasteiger partial charge is 0.251 e. The number of phenols is 1. The molecule has 0 unspecified atom stereocenters. The Labute approximate surface area is 103 Å². The first-order valence-corrected chi connectivity index (χ1v) is 6.09. The maximum Gasteiger partial charge on any atom is 0.251 e. The highest BCUT2D eigenvalue weighted by atomic mass is 32.1. The van der Waals surface area contributed by atoms with E-state index in [1.54, 1.807) is 29.7 Å². The predicted molar refractivity (Wildman–Crippen MR) is 66.3 cm³/mol. The van der Waals surface area contributed by atoms with Gasteiger partial charge in [0.25, 0.3) is 5.91 Å². The normalized spacial score (nSPS) is 10.1. The number of amides is 1. The number of nitrogens with one attached hydrogen (secondary N) is 1. The lowest BCUT2D eigenvalue weighted by Crippen LogP contribution is -2.25. The van der Waals surface area contributed by atoms with Crippen LogP contribution in [0, 0.1) is 0 Å². The highest BCUT2D eigenvalue weighted by Gasteiger charge is 2.05. The van der Waals surface area contributed by atoms with Crippen molar-refractivity contribution in [2.45, 2.75) is 6.42 Å². The van der Waals surface area contributed by atoms with Crippen LogP contribution in [0.4, 0.5) is 0 Å². The number of carbonyl (C=O) groups is 1. The molecule has 0 aliphatic heterocycles. The molecule has 0 radical (unpaired) electrons. The Morgan fingerprint density at radius 2 is 2.35 bits per heavy atom. The van der Waals surface area contributed by atoms with E-state index in [1.807, 2.05) is 5.38 Å². The number of carbonyl (C=O) groups excluding carboxylic acids is 1. The molecule has 1 aromatic heterocycles. The van der Waals surface area contributed by atoms with Crippen LogP contribution in [-0.2, 0) is 6.42 Å². The highest BCUT2D eigenvalue weighted by Crippen LogP contribution is 2.10. The van der Waals surface area contributed by atoms with E-state index in [0.29, 0.717) is 12.1 Å². The summed E-state index contributed by atoms with van der Waals surface area (Å²) in [7, 11) is 0. The molecule has 1 amide bonds. The average Bonchev–Trinajstić information content (AvgIpc) is 2.82. The number of hydrogen-bond donors (Lipinski definition) is 2. The van der Waals surface area contributed by atoms with Crippen molar-refractivity contribution in [2.24, 2.45) is 0 Å². The molecule has 0 saturated carbocycles. The first-order chi connectivity index (χ1) is 8.25. The molecule has 2 rings (SSSR count). The molecule has 0 aliphatic rings. The molecule has 1 aromatic carbocycles. The van der Waals surface area contributed by atoms with Gasteiger partial charge in [-0.15, -0.1) is 11.3 Å². The number of benzene rings is 1. The summed E-state index contributed by atoms with van der Waals surface area (Å²) in [5.41, 5.74) is 0.462. The molecule has 0 bridgehead atoms. The minimum Gasteiger partial charge on any atom is -0.508 e. The topological polar surface area (TPSA) is 62.2 Å². The van der Waals surface area contributed by atoms with Crippen molar-refractivity contribution in [1.29, 1.82) is 0 Å². The molecule has 1 heterocycles. The van der Waals surface area contributed by atoms with Crippen LogP contribution >= 0.6 is 11.3 Å². The Balaban J connectivity index is 1.85. The van der Waals surface area contributed by atoms with Gasteiger partial charge < -0.3 is 10.4 Å². The Hall–Kier alpha value is -1.88. The zero-order valence-corrected chi connectivity index (χ0v) is 9.91. The summed E-state index contributed by atoms with van der Waals surface area (Å²) < 4.78 is 0. The molecule has 88 valence electrons. The molecule has 2 N–H and O–H groups in total. The van der Waals surface area contributed by atoms with Crippen LogP contribution in [0.3, 0.4) is 0 Å². The third kappa shape index (κ3) is 3.29. The van der Waals surface area contributed by atoms with Gasteiger partial charge in [0.2, 0.25) is 0 Å². The summed E-state index contributed by atoms with van der Waals surface area (Å²) in [4.78, 5) is 15.8. The summed E-state index contributed by atoms with van der Waals surface area (Å²) in [6.45, 7) is 0.544. The molecule has 0 spiro atoms. The van der Waals surface area contributed by atoms with Crippen molar-refractivity contribution >= 4 is 17.2 Å². The molecule has 0 saturated heterocycles. The summed E-state index contributed by atoms with van der Waals surface area (Å²) in [6, 6.07) is 6.29. The number of hydrogen-bond acceptors (Lipinski definition) is 4. The predicted octanol–water partition coefficient (Wildman–Crippen LogP) is 1.82. The second-order valence-corrected chi connectivity index (χ2v) is 4.46. The van der Waals surface area contributed by atoms with Crippen LogP contribution in [0.1, 0.15) is 15.4 Å². The number of nitrogens with zero attached hydrogens (tertiary/aromatic N) is 1. The minimum absolute atomic E-state index is 0.0950. The van der Waals surface area contributed by atoms with Crippen LogP contribution in [0.25, 0.3) is 0 Å². The highest BCUT2D eigenvalue weighted by molar-refractivity contribution is 7.09. The molecular formula is C12H12N2O2S. The fourth-order valence-electron chi connectivity index (χ4n) is 1.41. The lowest BCUT2D eigenvalue weighted by atomic mass is 10.2. The summed E-state index contributed by atoms with van der Waals surface area (Å²) >= 11 is 1.57. The SMILES string of the molecule is O=C(NCCc1nccs1)c1cccc(O)c1. The molecular weight excluding hydrogens is 236 g/mol. The van der Waals surface area contributed by atoms with Gasteiger partial charge in [0.1, 0.15) is 5.75 Å². The fourth-order valence-corrected chi connectivity index (χ4v) is 2.03. The van der Waals surface area contributed by atoms with Gasteiger partial charge in [-0.05, 0) is 18.2 Å². The molecule has 5 heteroatoms. The van der Waals surface area contributed by atoms with E-state index in [9.17, 15) is 9.90 Å². The van der Waals surface area contributed by atoms with Crippen molar-refractivity contribution in [1.82, 2.24) is 10.3 Å². The van der Waals surface area contributed by atoms with Crippen molar-refractivity contribution in [3.63, 3.8) is 0 Å². The molecule has 0 aliphatic carbocycles. The average molecular weight is 248 g/mol. The van der Waals surface area contributed by atoms with Crippen LogP contribution in [0.5, 0.6) is 5.75 Å². The quantitative estimate of drug-likeness (QED) is 0.867. The van der Waals surface area contributed by atoms with Crippen molar-refractivity contribution in [3.05, 3.63) is 46.4 Å². The van der Waals surface area contributed by atoms with E-state index >= 15 is 0 Å². The maximum atomic E-state index is 11.7. The van der Waals surface area contributed by atoms with Crippen molar-refractivity contribution < 1.29 is 9.90 Å². The van der Waals surface area contributed by atoms with E-state index in [-0.39, 0.29) is 11.7 Å². The lowest BCUT2D eigenvalue weighted by Gasteiger charge is -2.04. The van der Waals surface area contributed by atoms with Gasteiger partial charge in [0, 0.05) is 30.1 Å². The van der Waals surface area contributed by atoms with E-state index in [0.717, 1.165) is 11.4 Å². The summed E-state index contributed by atoms with van der Waals surface area (Å²) in [6.07, 6.45) is 2.47. The van der Waals surface area contributed by atoms with E-state index in [1.165, 1.54) is 12.1 Å². The van der Waals surface area contributed by atoms with E-state index in [2.05, 4.69) is 10.3 Å². The standard InChI is InChI=1S/C12H12N2O2S/c15-10-3-1-2-9(8-10)12(16)14-5-4-11-13-6-7-17-11/h1-3,6-8,15H,4-5H2,(H,14,16). The van der Waals surface area contributed by atoms with Crippen LogP contribution < -0.4 is 5.32 Å². The molecule has 0 atom stereocenters. The number of thiazole rings is 1. The second-order valence-electron chi connectivity index (χ2n) is 3.48. The Kier molecular flexibility index (Phi) is 3.72. The van der Waals surface area contributed by atoms with Crippen LogP contribution in [0.2, 0.25) is 0 Å². The van der Waals surface area contributed by atoms with Gasteiger partial charge in [-0.3, -0.25) is 4.79 Å². The first-order valence-electron chi connectivity index (χ1n) is 5.21. The second kappa shape index (κ2) is 5.45. The minimum atomic E-state index is -0.183. The summed E-state index contributed by atoms with van der Waals surface area (Å²) in [5.74, 6) is -0.0879. The zero-order valence-electron chi connectivity index (χ0n) is 9.09. The van der Waals surface area contributed by atoms with Gasteiger partial charge in [-0.1, -0.05) is 6.07 Å². The van der Waals surface area contributed by atoms with Crippen molar-refractivity contribution in [2.75, 3.05) is 6.54 Å². The first kappa shape index (κ1) is 11.6. The monoisotopic (exact) mass is 248 g/mol. The third-order valence-electron chi connectivity index (χ3n) is 2.22. The third-order valence-corrected chi connectivity index (χ3v) is 3.06. The molecule has 0 fully saturated rings. The van der Waals surface area contributed by atoms with Crippen LogP contribution in [-0.4, -0.2) is 22.5 Å². The van der Waals surface area contributed by atoms with Gasteiger partial charge in [0.05, 0.1) is 5.01 Å². The molecule has 17 heavy (non-hydrogen) atoms. The number of aromatic hydroxyl groups is 1. The van der Waals surface area contributed by atoms with Gasteiger partial charge >= 0.3 is 0 Å². The van der Waals surface area contributed by atoms with E-state index in [4.69, 9.17) is 0 Å². The summed E-state index contributed by atoms with van der Waals surface area (Å²) in [5, 5.41) is 14.9. The molecule has 2 aromatic rings. The fraction of sp³-hybridized carbons (Fsp3) is 0.167. The maximum absolute atomic E-state index is 11.7. The number of aromatic nitrogens is 1. The number of rotatable bonds is 4. The number of phenolic OH excluding ortho intramolecular Hbond substituents is 1. The Morgan fingerprint density at radius 3 is 3.06 bits per heavy atom. The lowest BCUT2D eigenvalue weighted by molar-refractivity contribution is 0.0953. The van der Waals surface area contributed by atoms with Crippen LogP contribution in [0.15, 0.2) is 35.8 Å². The van der Waals surface area contributed by atoms with Gasteiger partial charge in [0.15, 0.2) is 0 Å².